The highest BCUT2D eigenvalue weighted by Gasteiger charge is 2.39. The lowest BCUT2D eigenvalue weighted by Gasteiger charge is -2.47. The van der Waals surface area contributed by atoms with Crippen LogP contribution in [0.2, 0.25) is 0 Å². The summed E-state index contributed by atoms with van der Waals surface area (Å²) in [5.41, 5.74) is 6.44. The molecule has 2 nitrogen and oxygen atoms in total. The molecule has 2 heteroatoms. The predicted molar refractivity (Wildman–Crippen MR) is 80.7 cm³/mol. The first kappa shape index (κ1) is 16.0. The van der Waals surface area contributed by atoms with Crippen LogP contribution in [0.1, 0.15) is 66.7 Å². The maximum absolute atomic E-state index is 6.21. The van der Waals surface area contributed by atoms with Crippen LogP contribution in [0, 0.1) is 11.8 Å². The van der Waals surface area contributed by atoms with E-state index in [9.17, 15) is 0 Å². The molecular formula is C16H34N2. The molecule has 0 aromatic heterocycles. The van der Waals surface area contributed by atoms with Crippen LogP contribution >= 0.6 is 0 Å². The quantitative estimate of drug-likeness (QED) is 0.680. The lowest BCUT2D eigenvalue weighted by atomic mass is 9.82. The maximum Gasteiger partial charge on any atom is 0.0334 e. The molecule has 0 spiro atoms. The van der Waals surface area contributed by atoms with Crippen molar-refractivity contribution in [1.29, 1.82) is 0 Å². The Labute approximate surface area is 114 Å². The molecule has 0 aromatic rings. The highest BCUT2D eigenvalue weighted by molar-refractivity contribution is 4.95. The van der Waals surface area contributed by atoms with Gasteiger partial charge in [0, 0.05) is 24.7 Å². The summed E-state index contributed by atoms with van der Waals surface area (Å²) in [5.74, 6) is 1.72. The molecule has 0 aromatic carbocycles. The Morgan fingerprint density at radius 2 is 1.83 bits per heavy atom. The Kier molecular flexibility index (Phi) is 6.13. The van der Waals surface area contributed by atoms with Crippen LogP contribution in [0.15, 0.2) is 0 Å². The zero-order valence-corrected chi connectivity index (χ0v) is 13.2. The van der Waals surface area contributed by atoms with Crippen molar-refractivity contribution in [3.8, 4) is 0 Å². The first-order valence-electron chi connectivity index (χ1n) is 7.95. The van der Waals surface area contributed by atoms with Crippen molar-refractivity contribution in [2.24, 2.45) is 17.6 Å². The lowest BCUT2D eigenvalue weighted by Crippen LogP contribution is -2.57. The molecule has 2 N–H and O–H groups in total. The van der Waals surface area contributed by atoms with Gasteiger partial charge in [-0.1, -0.05) is 27.2 Å². The van der Waals surface area contributed by atoms with E-state index in [1.807, 2.05) is 0 Å². The minimum absolute atomic E-state index is 0.228. The third-order valence-corrected chi connectivity index (χ3v) is 4.85. The summed E-state index contributed by atoms with van der Waals surface area (Å²) in [6.07, 6.45) is 6.55. The van der Waals surface area contributed by atoms with Gasteiger partial charge in [-0.3, -0.25) is 4.90 Å². The monoisotopic (exact) mass is 254 g/mol. The van der Waals surface area contributed by atoms with Crippen molar-refractivity contribution < 1.29 is 0 Å². The van der Waals surface area contributed by atoms with Gasteiger partial charge in [0.05, 0.1) is 0 Å². The largest absolute Gasteiger partial charge is 0.329 e. The number of hydrogen-bond acceptors (Lipinski definition) is 2. The van der Waals surface area contributed by atoms with Crippen molar-refractivity contribution in [1.82, 2.24) is 4.90 Å². The van der Waals surface area contributed by atoms with Crippen molar-refractivity contribution in [2.45, 2.75) is 78.3 Å². The van der Waals surface area contributed by atoms with Crippen LogP contribution in [0.5, 0.6) is 0 Å². The molecule has 1 aliphatic rings. The van der Waals surface area contributed by atoms with E-state index in [1.54, 1.807) is 0 Å². The molecule has 1 rings (SSSR count). The Bertz CT molecular complexity index is 229. The average Bonchev–Trinajstić information content (AvgIpc) is 3.17. The lowest BCUT2D eigenvalue weighted by molar-refractivity contribution is 0.0333. The van der Waals surface area contributed by atoms with Gasteiger partial charge in [-0.25, -0.2) is 0 Å². The number of rotatable bonds is 9. The van der Waals surface area contributed by atoms with Crippen molar-refractivity contribution in [2.75, 3.05) is 13.1 Å². The Hall–Kier alpha value is -0.0800. The zero-order valence-electron chi connectivity index (χ0n) is 13.2. The second-order valence-electron chi connectivity index (χ2n) is 6.69. The fourth-order valence-corrected chi connectivity index (χ4v) is 3.13. The van der Waals surface area contributed by atoms with E-state index in [0.717, 1.165) is 18.4 Å². The molecule has 0 heterocycles. The summed E-state index contributed by atoms with van der Waals surface area (Å²) < 4.78 is 0. The van der Waals surface area contributed by atoms with Crippen molar-refractivity contribution in [3.63, 3.8) is 0 Å². The smallest absolute Gasteiger partial charge is 0.0334 e. The summed E-state index contributed by atoms with van der Waals surface area (Å²) >= 11 is 0. The van der Waals surface area contributed by atoms with Gasteiger partial charge in [-0.05, 0) is 51.4 Å². The summed E-state index contributed by atoms with van der Waals surface area (Å²) in [6, 6.07) is 0.609. The molecule has 2 atom stereocenters. The van der Waals surface area contributed by atoms with Gasteiger partial charge in [0.2, 0.25) is 0 Å². The Morgan fingerprint density at radius 3 is 2.17 bits per heavy atom. The van der Waals surface area contributed by atoms with Gasteiger partial charge in [-0.15, -0.1) is 0 Å². The second kappa shape index (κ2) is 6.91. The molecule has 1 aliphatic carbocycles. The standard InChI is InChI=1S/C16H34N2/c1-6-14(5)10-16(7-2,12-17)18(13(3)4)11-15-8-9-15/h13-15H,6-12,17H2,1-5H3. The molecule has 0 amide bonds. The molecule has 0 saturated heterocycles. The molecule has 1 fully saturated rings. The third kappa shape index (κ3) is 3.96. The molecule has 1 saturated carbocycles. The SMILES string of the molecule is CCC(C)CC(CC)(CN)N(CC1CC1)C(C)C. The van der Waals surface area contributed by atoms with Crippen molar-refractivity contribution >= 4 is 0 Å². The van der Waals surface area contributed by atoms with E-state index in [-0.39, 0.29) is 5.54 Å². The van der Waals surface area contributed by atoms with Crippen molar-refractivity contribution in [3.05, 3.63) is 0 Å². The van der Waals surface area contributed by atoms with Crippen LogP contribution in [0.4, 0.5) is 0 Å². The summed E-state index contributed by atoms with van der Waals surface area (Å²) in [7, 11) is 0. The van der Waals surface area contributed by atoms with Gasteiger partial charge in [0.15, 0.2) is 0 Å². The van der Waals surface area contributed by atoms with Gasteiger partial charge < -0.3 is 5.73 Å². The maximum atomic E-state index is 6.21. The minimum Gasteiger partial charge on any atom is -0.329 e. The molecule has 18 heavy (non-hydrogen) atoms. The van der Waals surface area contributed by atoms with Gasteiger partial charge in [0.25, 0.3) is 0 Å². The minimum atomic E-state index is 0.228. The third-order valence-electron chi connectivity index (χ3n) is 4.85. The fraction of sp³-hybridized carbons (Fsp3) is 1.00. The summed E-state index contributed by atoms with van der Waals surface area (Å²) in [4.78, 5) is 2.72. The Morgan fingerprint density at radius 1 is 1.22 bits per heavy atom. The van der Waals surface area contributed by atoms with Crippen LogP contribution in [-0.4, -0.2) is 29.6 Å². The molecule has 108 valence electrons. The predicted octanol–water partition coefficient (Wildman–Crippen LogP) is 3.65. The zero-order chi connectivity index (χ0) is 13.8. The van der Waals surface area contributed by atoms with Gasteiger partial charge in [0.1, 0.15) is 0 Å². The molecular weight excluding hydrogens is 220 g/mol. The molecule has 2 unspecified atom stereocenters. The number of nitrogens with zero attached hydrogens (tertiary/aromatic N) is 1. The van der Waals surface area contributed by atoms with Gasteiger partial charge >= 0.3 is 0 Å². The molecule has 0 radical (unpaired) electrons. The summed E-state index contributed by atoms with van der Waals surface area (Å²) in [6.45, 7) is 13.7. The van der Waals surface area contributed by atoms with Crippen LogP contribution < -0.4 is 5.73 Å². The van der Waals surface area contributed by atoms with Crippen LogP contribution in [0.25, 0.3) is 0 Å². The summed E-state index contributed by atoms with van der Waals surface area (Å²) in [5, 5.41) is 0. The molecule has 0 bridgehead atoms. The normalized spacial score (nSPS) is 21.3. The van der Waals surface area contributed by atoms with E-state index in [0.29, 0.717) is 6.04 Å². The second-order valence-corrected chi connectivity index (χ2v) is 6.69. The molecule has 0 aliphatic heterocycles. The Balaban J connectivity index is 2.81. The highest BCUT2D eigenvalue weighted by atomic mass is 15.2. The van der Waals surface area contributed by atoms with E-state index in [1.165, 1.54) is 38.6 Å². The fourth-order valence-electron chi connectivity index (χ4n) is 3.13. The van der Waals surface area contributed by atoms with E-state index < -0.39 is 0 Å². The average molecular weight is 254 g/mol. The van der Waals surface area contributed by atoms with Crippen LogP contribution in [0.3, 0.4) is 0 Å². The van der Waals surface area contributed by atoms with E-state index >= 15 is 0 Å². The topological polar surface area (TPSA) is 29.3 Å². The highest BCUT2D eigenvalue weighted by Crippen LogP contribution is 2.36. The van der Waals surface area contributed by atoms with Crippen LogP contribution in [-0.2, 0) is 0 Å². The first-order valence-corrected chi connectivity index (χ1v) is 7.95. The first-order chi connectivity index (χ1) is 8.49. The number of nitrogens with two attached hydrogens (primary N) is 1. The van der Waals surface area contributed by atoms with E-state index in [4.69, 9.17) is 5.73 Å². The van der Waals surface area contributed by atoms with E-state index in [2.05, 4.69) is 39.5 Å². The van der Waals surface area contributed by atoms with Gasteiger partial charge in [-0.2, -0.15) is 0 Å². The number of hydrogen-bond donors (Lipinski definition) is 1.